The molecule has 20 heavy (non-hydrogen) atoms. The molecule has 0 aromatic heterocycles. The van der Waals surface area contributed by atoms with Crippen LogP contribution in [0.4, 0.5) is 4.39 Å². The highest BCUT2D eigenvalue weighted by Gasteiger charge is 2.15. The van der Waals surface area contributed by atoms with E-state index in [4.69, 9.17) is 15.1 Å². The molecule has 0 radical (unpaired) electrons. The first-order valence-corrected chi connectivity index (χ1v) is 5.68. The Balaban J connectivity index is 2.66. The Kier molecular flexibility index (Phi) is 3.67. The van der Waals surface area contributed by atoms with Crippen LogP contribution < -0.4 is 4.74 Å². The topological polar surface area (TPSA) is 70.3 Å². The van der Waals surface area contributed by atoms with Crippen LogP contribution in [0.5, 0.6) is 5.75 Å². The number of nitriles is 1. The van der Waals surface area contributed by atoms with E-state index >= 15 is 0 Å². The third kappa shape index (κ3) is 2.31. The SMILES string of the molecule is COc1cc(-c2c(F)cccc2C#N)ccc1C(=O)O. The van der Waals surface area contributed by atoms with Crippen LogP contribution in [0.3, 0.4) is 0 Å². The van der Waals surface area contributed by atoms with E-state index in [0.717, 1.165) is 0 Å². The van der Waals surface area contributed by atoms with E-state index in [-0.39, 0.29) is 22.4 Å². The lowest BCUT2D eigenvalue weighted by atomic mass is 9.98. The molecule has 0 spiro atoms. The van der Waals surface area contributed by atoms with Crippen molar-refractivity contribution in [3.05, 3.63) is 53.3 Å². The number of hydrogen-bond acceptors (Lipinski definition) is 3. The van der Waals surface area contributed by atoms with Gasteiger partial charge in [-0.15, -0.1) is 0 Å². The highest BCUT2D eigenvalue weighted by atomic mass is 19.1. The maximum atomic E-state index is 13.9. The van der Waals surface area contributed by atoms with Crippen LogP contribution in [-0.4, -0.2) is 18.2 Å². The summed E-state index contributed by atoms with van der Waals surface area (Å²) >= 11 is 0. The van der Waals surface area contributed by atoms with Crippen LogP contribution >= 0.6 is 0 Å². The molecule has 0 fully saturated rings. The number of halogens is 1. The Morgan fingerprint density at radius 1 is 1.35 bits per heavy atom. The maximum absolute atomic E-state index is 13.9. The lowest BCUT2D eigenvalue weighted by molar-refractivity contribution is 0.0693. The van der Waals surface area contributed by atoms with Crippen LogP contribution in [0, 0.1) is 17.1 Å². The van der Waals surface area contributed by atoms with E-state index in [2.05, 4.69) is 0 Å². The summed E-state index contributed by atoms with van der Waals surface area (Å²) in [4.78, 5) is 11.0. The number of hydrogen-bond donors (Lipinski definition) is 1. The van der Waals surface area contributed by atoms with Crippen LogP contribution in [0.1, 0.15) is 15.9 Å². The quantitative estimate of drug-likeness (QED) is 0.931. The number of nitrogens with zero attached hydrogens (tertiary/aromatic N) is 1. The molecule has 0 unspecified atom stereocenters. The second-order valence-corrected chi connectivity index (χ2v) is 3.99. The van der Waals surface area contributed by atoms with Crippen molar-refractivity contribution in [1.29, 1.82) is 5.26 Å². The molecule has 0 heterocycles. The number of benzene rings is 2. The fourth-order valence-corrected chi connectivity index (χ4v) is 1.93. The maximum Gasteiger partial charge on any atom is 0.339 e. The average Bonchev–Trinajstić information content (AvgIpc) is 2.46. The standard InChI is InChI=1S/C15H10FNO3/c1-20-13-7-9(5-6-11(13)15(18)19)14-10(8-17)3-2-4-12(14)16/h2-7H,1H3,(H,18,19). The first-order valence-electron chi connectivity index (χ1n) is 5.68. The van der Waals surface area contributed by atoms with Crippen molar-refractivity contribution in [3.63, 3.8) is 0 Å². The fourth-order valence-electron chi connectivity index (χ4n) is 1.93. The van der Waals surface area contributed by atoms with E-state index in [1.54, 1.807) is 0 Å². The van der Waals surface area contributed by atoms with Gasteiger partial charge in [0.05, 0.1) is 18.7 Å². The monoisotopic (exact) mass is 271 g/mol. The van der Waals surface area contributed by atoms with Crippen LogP contribution in [-0.2, 0) is 0 Å². The number of carboxylic acids is 1. The lowest BCUT2D eigenvalue weighted by Crippen LogP contribution is -2.01. The van der Waals surface area contributed by atoms with Gasteiger partial charge in [-0.1, -0.05) is 12.1 Å². The molecule has 1 N–H and O–H groups in total. The molecule has 2 aromatic carbocycles. The summed E-state index contributed by atoms with van der Waals surface area (Å²) in [6.07, 6.45) is 0. The van der Waals surface area contributed by atoms with Crippen LogP contribution in [0.2, 0.25) is 0 Å². The normalized spacial score (nSPS) is 9.85. The molecule has 0 amide bonds. The van der Waals surface area contributed by atoms with Gasteiger partial charge in [-0.05, 0) is 29.8 Å². The zero-order valence-corrected chi connectivity index (χ0v) is 10.6. The molecule has 0 bridgehead atoms. The molecule has 0 saturated carbocycles. The smallest absolute Gasteiger partial charge is 0.339 e. The van der Waals surface area contributed by atoms with Crippen molar-refractivity contribution in [3.8, 4) is 22.9 Å². The number of ether oxygens (including phenoxy) is 1. The molecule has 0 aliphatic heterocycles. The largest absolute Gasteiger partial charge is 0.496 e. The Morgan fingerprint density at radius 2 is 2.10 bits per heavy atom. The van der Waals surface area contributed by atoms with Gasteiger partial charge in [0.2, 0.25) is 0 Å². The summed E-state index contributed by atoms with van der Waals surface area (Å²) in [6.45, 7) is 0. The zero-order chi connectivity index (χ0) is 14.7. The second-order valence-electron chi connectivity index (χ2n) is 3.99. The van der Waals surface area contributed by atoms with Crippen LogP contribution in [0.25, 0.3) is 11.1 Å². The molecule has 0 saturated heterocycles. The van der Waals surface area contributed by atoms with Crippen molar-refractivity contribution in [2.75, 3.05) is 7.11 Å². The predicted molar refractivity (Wildman–Crippen MR) is 70.1 cm³/mol. The van der Waals surface area contributed by atoms with E-state index in [1.165, 1.54) is 43.5 Å². The minimum atomic E-state index is -1.14. The van der Waals surface area contributed by atoms with E-state index in [9.17, 15) is 9.18 Å². The van der Waals surface area contributed by atoms with Gasteiger partial charge in [0.1, 0.15) is 17.1 Å². The van der Waals surface area contributed by atoms with Gasteiger partial charge in [0, 0.05) is 5.56 Å². The predicted octanol–water partition coefficient (Wildman–Crippen LogP) is 3.07. The summed E-state index contributed by atoms with van der Waals surface area (Å²) in [5.41, 5.74) is 0.674. The van der Waals surface area contributed by atoms with Crippen LogP contribution in [0.15, 0.2) is 36.4 Å². The van der Waals surface area contributed by atoms with Crippen molar-refractivity contribution < 1.29 is 19.0 Å². The number of aromatic carboxylic acids is 1. The molecule has 2 aromatic rings. The molecule has 5 heteroatoms. The third-order valence-electron chi connectivity index (χ3n) is 2.85. The molecular weight excluding hydrogens is 261 g/mol. The van der Waals surface area contributed by atoms with Gasteiger partial charge >= 0.3 is 5.97 Å². The summed E-state index contributed by atoms with van der Waals surface area (Å²) in [5.74, 6) is -1.57. The highest BCUT2D eigenvalue weighted by Crippen LogP contribution is 2.31. The van der Waals surface area contributed by atoms with E-state index in [0.29, 0.717) is 5.56 Å². The van der Waals surface area contributed by atoms with Crippen molar-refractivity contribution in [1.82, 2.24) is 0 Å². The van der Waals surface area contributed by atoms with Crippen molar-refractivity contribution in [2.24, 2.45) is 0 Å². The van der Waals surface area contributed by atoms with Gasteiger partial charge in [-0.3, -0.25) is 0 Å². The summed E-state index contributed by atoms with van der Waals surface area (Å²) in [5, 5.41) is 18.0. The molecule has 2 rings (SSSR count). The first kappa shape index (κ1) is 13.6. The van der Waals surface area contributed by atoms with Gasteiger partial charge in [-0.2, -0.15) is 5.26 Å². The van der Waals surface area contributed by atoms with E-state index in [1.807, 2.05) is 6.07 Å². The van der Waals surface area contributed by atoms with Gasteiger partial charge in [-0.25, -0.2) is 9.18 Å². The van der Waals surface area contributed by atoms with Gasteiger partial charge < -0.3 is 9.84 Å². The van der Waals surface area contributed by atoms with Crippen molar-refractivity contribution in [2.45, 2.75) is 0 Å². The number of carbonyl (C=O) groups is 1. The zero-order valence-electron chi connectivity index (χ0n) is 10.6. The van der Waals surface area contributed by atoms with Gasteiger partial charge in [0.15, 0.2) is 0 Å². The average molecular weight is 271 g/mol. The van der Waals surface area contributed by atoms with E-state index < -0.39 is 11.8 Å². The Bertz CT molecular complexity index is 720. The minimum absolute atomic E-state index is 0.0221. The molecule has 100 valence electrons. The lowest BCUT2D eigenvalue weighted by Gasteiger charge is -2.10. The molecule has 4 nitrogen and oxygen atoms in total. The number of carboxylic acid groups (broad SMARTS) is 1. The van der Waals surface area contributed by atoms with Gasteiger partial charge in [0.25, 0.3) is 0 Å². The highest BCUT2D eigenvalue weighted by molar-refractivity contribution is 5.92. The molecule has 0 aliphatic carbocycles. The minimum Gasteiger partial charge on any atom is -0.496 e. The third-order valence-corrected chi connectivity index (χ3v) is 2.85. The number of methoxy groups -OCH3 is 1. The summed E-state index contributed by atoms with van der Waals surface area (Å²) in [7, 11) is 1.33. The Morgan fingerprint density at radius 3 is 2.70 bits per heavy atom. The fraction of sp³-hybridized carbons (Fsp3) is 0.0667. The number of rotatable bonds is 3. The van der Waals surface area contributed by atoms with Crippen molar-refractivity contribution >= 4 is 5.97 Å². The molecule has 0 atom stereocenters. The Hall–Kier alpha value is -2.87. The first-order chi connectivity index (χ1) is 9.58. The summed E-state index contributed by atoms with van der Waals surface area (Å²) < 4.78 is 18.9. The molecule has 0 aliphatic rings. The Labute approximate surface area is 114 Å². The molecular formula is C15H10FNO3. The summed E-state index contributed by atoms with van der Waals surface area (Å²) in [6, 6.07) is 10.3. The second kappa shape index (κ2) is 5.41.